The van der Waals surface area contributed by atoms with Crippen LogP contribution in [0.1, 0.15) is 69.2 Å². The number of thiophene rings is 2. The monoisotopic (exact) mass is 3010 g/mol. The Morgan fingerprint density at radius 3 is 1.28 bits per heavy atom. The fraction of sp³-hybridized carbons (Fsp3) is 0.110. The molecule has 19 aromatic rings. The molecule has 10 heterocycles. The van der Waals surface area contributed by atoms with Crippen molar-refractivity contribution in [2.45, 2.75) is 69.2 Å². The van der Waals surface area contributed by atoms with Crippen molar-refractivity contribution in [1.29, 1.82) is 0 Å². The van der Waals surface area contributed by atoms with E-state index in [-0.39, 0.29) is 178 Å². The van der Waals surface area contributed by atoms with Crippen LogP contribution in [0.15, 0.2) is 363 Å². The number of carbonyl (C=O) groups excluding carboxylic acids is 5. The molecule has 0 aliphatic rings. The predicted molar refractivity (Wildman–Crippen MR) is 543 cm³/mol. The molecule has 0 unspecified atom stereocenters. The Morgan fingerprint density at radius 1 is 0.371 bits per heavy atom. The van der Waals surface area contributed by atoms with Crippen LogP contribution in [0.3, 0.4) is 0 Å². The van der Waals surface area contributed by atoms with Crippen molar-refractivity contribution in [2.24, 2.45) is 0 Å². The van der Waals surface area contributed by atoms with E-state index in [0.29, 0.717) is 22.0 Å². The van der Waals surface area contributed by atoms with E-state index in [1.54, 1.807) is 52.6 Å². The predicted octanol–water partition coefficient (Wildman–Crippen LogP) is 26.8. The zero-order chi connectivity index (χ0) is 96.4. The summed E-state index contributed by atoms with van der Waals surface area (Å²) in [5.41, 5.74) is 11.1. The van der Waals surface area contributed by atoms with E-state index < -0.39 is 5.63 Å². The van der Waals surface area contributed by atoms with Crippen LogP contribution in [0.4, 0.5) is 5.69 Å². The molecule has 0 saturated carbocycles. The summed E-state index contributed by atoms with van der Waals surface area (Å²) in [6.07, 6.45) is 14.7. The Hall–Kier alpha value is -12.0. The molecule has 732 valence electrons. The first-order valence-corrected chi connectivity index (χ1v) is 44.7. The number of nitrogens with zero attached hydrogens (tertiary/aromatic N) is 8. The topological polar surface area (TPSA) is 323 Å². The van der Waals surface area contributed by atoms with E-state index >= 15 is 0 Å². The third kappa shape index (κ3) is 41.0. The molecule has 0 saturated heterocycles. The number of thiazole rings is 2. The maximum absolute atomic E-state index is 12.3. The van der Waals surface area contributed by atoms with Crippen LogP contribution < -0.4 is 10.5 Å². The maximum Gasteiger partial charge on any atom is 0.269 e. The van der Waals surface area contributed by atoms with Crippen molar-refractivity contribution in [3.63, 3.8) is 0 Å². The second-order valence-corrected chi connectivity index (χ2v) is 32.9. The number of rotatable bonds is 12. The van der Waals surface area contributed by atoms with Gasteiger partial charge in [0.2, 0.25) is 0 Å². The molecule has 6 radical (unpaired) electrons. The smallest absolute Gasteiger partial charge is 0.269 e. The van der Waals surface area contributed by atoms with Crippen molar-refractivity contribution >= 4 is 155 Å². The van der Waals surface area contributed by atoms with Crippen molar-refractivity contribution < 1.29 is 179 Å². The van der Waals surface area contributed by atoms with Crippen LogP contribution in [-0.2, 0) is 145 Å². The standard InChI is InChI=1S/C18H13N2O2S.C17H10NS.C14H9N2.C13H8NO.C13H8NS.C9H6NS.5C5H8O2.6Ir/c1-20(2)12-8-7-11-9-13(18(21)22-15(11)10-12)17-19-14-5-3-4-6-16(14)23-17;1-2-8-13-12(6-1)7-5-9-14(13)17-18-15-10-3-4-11-16(15)19-17;1-2-4-13-11(3-1)7-10-16-14(13)12-5-8-15-9-6-12;1-2-6-10(7-3-1)13-14-11-8-4-5-9-12(11)15-13;1-2-5-11-10(4-1)7-8-14-13(11)12-6-3-9-15-12;1-2-6-10-8(4-1)9-5-3-7-11-9;5*1-4(6)3-5(2)7;;;;;;/h3-8,10H,1-2H3;1-8,10-11H;1-5,7-10H;1-6,8-9H;1-5,7-9H;1-4,6-7H;5*3,6H,1-2H3;;;;;;/q6*-1;;;;;;;;;;;. The van der Waals surface area contributed by atoms with Crippen molar-refractivity contribution in [2.75, 3.05) is 19.0 Å². The molecule has 0 bridgehead atoms. The fourth-order valence-electron chi connectivity index (χ4n) is 12.1. The Morgan fingerprint density at radius 2 is 0.829 bits per heavy atom. The number of carbonyl (C=O) groups is 5. The van der Waals surface area contributed by atoms with E-state index in [1.165, 1.54) is 143 Å². The van der Waals surface area contributed by atoms with Gasteiger partial charge in [-0.15, -0.1) is 88.4 Å². The number of anilines is 1. The van der Waals surface area contributed by atoms with Gasteiger partial charge in [0.25, 0.3) is 5.63 Å². The molecule has 19 rings (SSSR count). The minimum absolute atomic E-state index is 0. The maximum atomic E-state index is 12.3. The van der Waals surface area contributed by atoms with Gasteiger partial charge in [0, 0.05) is 204 Å². The van der Waals surface area contributed by atoms with Gasteiger partial charge in [0.15, 0.2) is 28.9 Å². The number of hydrogen-bond donors (Lipinski definition) is 5. The van der Waals surface area contributed by atoms with Gasteiger partial charge >= 0.3 is 0 Å². The summed E-state index contributed by atoms with van der Waals surface area (Å²) in [4.78, 5) is 97.2. The third-order valence-corrected chi connectivity index (χ3v) is 21.2. The number of aromatic nitrogens is 7. The average molecular weight is 3010 g/mol. The van der Waals surface area contributed by atoms with E-state index in [0.717, 1.165) is 91.8 Å². The van der Waals surface area contributed by atoms with Gasteiger partial charge in [0.1, 0.15) is 11.5 Å². The number of fused-ring (bicyclic) bond motifs is 7. The molecule has 0 atom stereocenters. The molecule has 140 heavy (non-hydrogen) atoms. The minimum Gasteiger partial charge on any atom is -0.512 e. The molecule has 21 nitrogen and oxygen atoms in total. The molecule has 0 aliphatic heterocycles. The van der Waals surface area contributed by atoms with E-state index in [1.807, 2.05) is 218 Å². The number of aliphatic hydroxyl groups excluding tert-OH is 5. The van der Waals surface area contributed by atoms with Crippen LogP contribution >= 0.6 is 45.3 Å². The number of benzene rings is 9. The third-order valence-electron chi connectivity index (χ3n) is 17.5. The van der Waals surface area contributed by atoms with Gasteiger partial charge in [-0.25, -0.2) is 22.7 Å². The van der Waals surface area contributed by atoms with Gasteiger partial charge in [-0.05, 0) is 186 Å². The summed E-state index contributed by atoms with van der Waals surface area (Å²) < 4.78 is 13.4. The van der Waals surface area contributed by atoms with Crippen molar-refractivity contribution in [3.05, 3.63) is 396 Å². The van der Waals surface area contributed by atoms with Gasteiger partial charge in [-0.3, -0.25) is 48.7 Å². The van der Waals surface area contributed by atoms with Crippen LogP contribution in [-0.4, -0.2) is 103 Å². The summed E-state index contributed by atoms with van der Waals surface area (Å²) in [6, 6.07) is 101. The Balaban J connectivity index is 0.000000405. The molecule has 0 aliphatic carbocycles. The minimum atomic E-state index is -0.410. The molecule has 0 fully saturated rings. The number of oxazole rings is 1. The van der Waals surface area contributed by atoms with E-state index in [2.05, 4.69) is 139 Å². The van der Waals surface area contributed by atoms with Crippen LogP contribution in [0, 0.1) is 36.4 Å². The zero-order valence-electron chi connectivity index (χ0n) is 77.3. The summed E-state index contributed by atoms with van der Waals surface area (Å²) in [5, 5.41) is 55.5. The Bertz CT molecular complexity index is 7050. The summed E-state index contributed by atoms with van der Waals surface area (Å²) in [5.74, 6) is 0.310. The van der Waals surface area contributed by atoms with Crippen molar-refractivity contribution in [3.8, 4) is 65.0 Å². The molecule has 31 heteroatoms. The number of ketones is 5. The molecular weight excluding hydrogens is 2910 g/mol. The molecule has 0 amide bonds. The van der Waals surface area contributed by atoms with Gasteiger partial charge in [-0.1, -0.05) is 153 Å². The Kier molecular flexibility index (Phi) is 56.1. The van der Waals surface area contributed by atoms with Crippen LogP contribution in [0.5, 0.6) is 0 Å². The van der Waals surface area contributed by atoms with E-state index in [4.69, 9.17) is 39.4 Å². The first kappa shape index (κ1) is 122. The number of aliphatic hydroxyl groups is 5. The first-order chi connectivity index (χ1) is 64.5. The van der Waals surface area contributed by atoms with Crippen LogP contribution in [0.25, 0.3) is 140 Å². The largest absolute Gasteiger partial charge is 0.512 e. The normalized spacial score (nSPS) is 10.5. The van der Waals surface area contributed by atoms with Gasteiger partial charge in [-0.2, -0.15) is 58.6 Å². The van der Waals surface area contributed by atoms with Gasteiger partial charge in [0.05, 0.1) is 55.9 Å². The quantitative estimate of drug-likeness (QED) is 0.0328. The van der Waals surface area contributed by atoms with Gasteiger partial charge < -0.3 is 54.2 Å². The second kappa shape index (κ2) is 64.3. The molecule has 0 spiro atoms. The van der Waals surface area contributed by atoms with E-state index in [9.17, 15) is 28.8 Å². The number of para-hydroxylation sites is 4. The Labute approximate surface area is 909 Å². The summed E-state index contributed by atoms with van der Waals surface area (Å²) >= 11 is 6.52. The second-order valence-electron chi connectivity index (χ2n) is 29.0. The average Bonchev–Trinajstić information content (AvgIpc) is 1.66. The number of pyridine rings is 4. The number of hydrogen-bond acceptors (Lipinski definition) is 25. The zero-order valence-corrected chi connectivity index (χ0v) is 94.9. The first-order valence-electron chi connectivity index (χ1n) is 41.3. The molecule has 10 aromatic heterocycles. The molecule has 9 aromatic carbocycles. The summed E-state index contributed by atoms with van der Waals surface area (Å²) in [6.45, 7) is 14.2. The SMILES string of the molecule is CC(=O)C=C(C)O.CC(=O)C=C(C)O.CC(=O)C=C(C)O.CC(=O)C=C(C)O.CC(=O)C=C(C)O.CN(C)c1ccc2[c-]c(-c3nc4ccccc4s3)c(=O)oc2c1.[Ir].[Ir].[Ir].[Ir].[Ir].[Ir].[c-]1ccc2ccccc2c1-c1nc2ccccc2s1.[c-]1ccccc1-c1nc2ccccc2o1.[c-]1ccsc1-c1ccccn1.[c-]1ccsc1-c1nccc2ccccc12.[c-]1cnccc1-c1nccc2ccccc12. The van der Waals surface area contributed by atoms with Crippen LogP contribution in [0.2, 0.25) is 0 Å². The molecular formula is C109H94Ir6N8O13S4-6. The summed E-state index contributed by atoms with van der Waals surface area (Å²) in [7, 11) is 3.89. The fourth-order valence-corrected chi connectivity index (χ4v) is 15.4. The molecule has 5 N–H and O–H groups in total. The number of allylic oxidation sites excluding steroid dienone is 10. The van der Waals surface area contributed by atoms with Crippen molar-refractivity contribution in [1.82, 2.24) is 34.9 Å².